The fourth-order valence-corrected chi connectivity index (χ4v) is 1.33. The number of aromatic nitrogens is 2. The highest BCUT2D eigenvalue weighted by Gasteiger charge is 2.25. The second-order valence-corrected chi connectivity index (χ2v) is 4.96. The lowest BCUT2D eigenvalue weighted by Crippen LogP contribution is -2.22. The number of nitrogens with one attached hydrogen (secondary N) is 1. The molecule has 1 heterocycles. The number of nitrogens with zero attached hydrogens (tertiary/aromatic N) is 2. The van der Waals surface area contributed by atoms with Gasteiger partial charge in [-0.3, -0.25) is 4.79 Å². The molecule has 4 nitrogen and oxygen atoms in total. The lowest BCUT2D eigenvalue weighted by Gasteiger charge is -2.18. The van der Waals surface area contributed by atoms with E-state index < -0.39 is 5.41 Å². The highest BCUT2D eigenvalue weighted by molar-refractivity contribution is 7.80. The van der Waals surface area contributed by atoms with Crippen LogP contribution in [0.5, 0.6) is 0 Å². The van der Waals surface area contributed by atoms with E-state index in [9.17, 15) is 4.79 Å². The van der Waals surface area contributed by atoms with E-state index >= 15 is 0 Å². The van der Waals surface area contributed by atoms with E-state index in [2.05, 4.69) is 27.9 Å². The Hall–Kier alpha value is -1.10. The van der Waals surface area contributed by atoms with Crippen molar-refractivity contribution in [2.24, 2.45) is 5.41 Å². The van der Waals surface area contributed by atoms with E-state index in [4.69, 9.17) is 0 Å². The molecule has 0 aromatic carbocycles. The second kappa shape index (κ2) is 5.30. The van der Waals surface area contributed by atoms with Crippen molar-refractivity contribution in [1.82, 2.24) is 9.97 Å². The molecule has 1 N–H and O–H groups in total. The smallest absolute Gasteiger partial charge is 0.173 e. The Balaban J connectivity index is 2.99. The van der Waals surface area contributed by atoms with Gasteiger partial charge in [-0.2, -0.15) is 12.6 Å². The van der Waals surface area contributed by atoms with E-state index in [1.54, 1.807) is 6.20 Å². The zero-order valence-corrected chi connectivity index (χ0v) is 10.7. The van der Waals surface area contributed by atoms with Gasteiger partial charge in [-0.1, -0.05) is 20.8 Å². The maximum atomic E-state index is 12.1. The summed E-state index contributed by atoms with van der Waals surface area (Å²) in [7, 11) is 0. The summed E-state index contributed by atoms with van der Waals surface area (Å²) in [6.07, 6.45) is 2.99. The highest BCUT2D eigenvalue weighted by Crippen LogP contribution is 2.23. The van der Waals surface area contributed by atoms with Gasteiger partial charge in [0.05, 0.1) is 5.56 Å². The maximum absolute atomic E-state index is 12.1. The Morgan fingerprint density at radius 2 is 2.19 bits per heavy atom. The number of ketones is 1. The summed E-state index contributed by atoms with van der Waals surface area (Å²) < 4.78 is 0. The summed E-state index contributed by atoms with van der Waals surface area (Å²) in [6, 6.07) is 0. The molecule has 0 radical (unpaired) electrons. The molecule has 88 valence electrons. The first-order valence-corrected chi connectivity index (χ1v) is 5.79. The van der Waals surface area contributed by atoms with Crippen LogP contribution in [-0.2, 0) is 0 Å². The molecule has 1 aromatic heterocycles. The van der Waals surface area contributed by atoms with Gasteiger partial charge in [0.1, 0.15) is 12.1 Å². The van der Waals surface area contributed by atoms with Gasteiger partial charge >= 0.3 is 0 Å². The minimum atomic E-state index is -0.428. The Morgan fingerprint density at radius 3 is 2.75 bits per heavy atom. The first-order chi connectivity index (χ1) is 7.46. The molecule has 1 rings (SSSR count). The van der Waals surface area contributed by atoms with Gasteiger partial charge < -0.3 is 5.32 Å². The van der Waals surface area contributed by atoms with Gasteiger partial charge in [0, 0.05) is 23.9 Å². The van der Waals surface area contributed by atoms with E-state index in [1.165, 1.54) is 6.33 Å². The minimum absolute atomic E-state index is 0.0368. The number of carbonyl (C=O) groups is 1. The molecule has 0 saturated heterocycles. The van der Waals surface area contributed by atoms with Crippen molar-refractivity contribution < 1.29 is 4.79 Å². The molecule has 0 spiro atoms. The topological polar surface area (TPSA) is 54.9 Å². The Kier molecular flexibility index (Phi) is 4.29. The fraction of sp³-hybridized carbons (Fsp3) is 0.545. The standard InChI is InChI=1S/C11H17N3OS/c1-11(2,3)9(15)8-6-12-7-14-10(8)13-4-5-16/h6-7,16H,4-5H2,1-3H3,(H,12,13,14). The molecular formula is C11H17N3OS. The summed E-state index contributed by atoms with van der Waals surface area (Å²) in [5.41, 5.74) is 0.110. The lowest BCUT2D eigenvalue weighted by molar-refractivity contribution is 0.0858. The molecule has 5 heteroatoms. The monoisotopic (exact) mass is 239 g/mol. The van der Waals surface area contributed by atoms with Gasteiger partial charge in [0.25, 0.3) is 0 Å². The van der Waals surface area contributed by atoms with Gasteiger partial charge in [-0.25, -0.2) is 9.97 Å². The van der Waals surface area contributed by atoms with Crippen LogP contribution in [0.25, 0.3) is 0 Å². The quantitative estimate of drug-likeness (QED) is 0.623. The van der Waals surface area contributed by atoms with Gasteiger partial charge in [0.2, 0.25) is 0 Å². The number of hydrogen-bond acceptors (Lipinski definition) is 5. The normalized spacial score (nSPS) is 11.2. The van der Waals surface area contributed by atoms with E-state index in [-0.39, 0.29) is 5.78 Å². The van der Waals surface area contributed by atoms with Crippen LogP contribution in [0.1, 0.15) is 31.1 Å². The first kappa shape index (κ1) is 13.0. The number of hydrogen-bond donors (Lipinski definition) is 2. The second-order valence-electron chi connectivity index (χ2n) is 4.51. The molecule has 0 aliphatic heterocycles. The van der Waals surface area contributed by atoms with Gasteiger partial charge in [-0.05, 0) is 0 Å². The average Bonchev–Trinajstić information content (AvgIpc) is 2.24. The largest absolute Gasteiger partial charge is 0.369 e. The number of thiol groups is 1. The third-order valence-electron chi connectivity index (χ3n) is 2.04. The number of anilines is 1. The van der Waals surface area contributed by atoms with Crippen LogP contribution in [0.3, 0.4) is 0 Å². The zero-order valence-electron chi connectivity index (χ0n) is 9.82. The van der Waals surface area contributed by atoms with Crippen LogP contribution in [-0.4, -0.2) is 28.0 Å². The van der Waals surface area contributed by atoms with Crippen molar-refractivity contribution in [2.45, 2.75) is 20.8 Å². The molecule has 16 heavy (non-hydrogen) atoms. The van der Waals surface area contributed by atoms with Crippen molar-refractivity contribution in [3.63, 3.8) is 0 Å². The summed E-state index contributed by atoms with van der Waals surface area (Å²) in [4.78, 5) is 20.1. The van der Waals surface area contributed by atoms with Crippen molar-refractivity contribution in [2.75, 3.05) is 17.6 Å². The fourth-order valence-electron chi connectivity index (χ4n) is 1.21. The predicted octanol–water partition coefficient (Wildman–Crippen LogP) is 2.05. The molecule has 0 aliphatic rings. The zero-order chi connectivity index (χ0) is 12.2. The summed E-state index contributed by atoms with van der Waals surface area (Å²) >= 11 is 4.10. The van der Waals surface area contributed by atoms with Crippen molar-refractivity contribution in [3.8, 4) is 0 Å². The number of Topliss-reactive ketones (excluding diaryl/α,β-unsaturated/α-hetero) is 1. The predicted molar refractivity (Wildman–Crippen MR) is 68.2 cm³/mol. The molecule has 0 saturated carbocycles. The third-order valence-corrected chi connectivity index (χ3v) is 2.27. The molecule has 0 atom stereocenters. The van der Waals surface area contributed by atoms with Crippen molar-refractivity contribution in [1.29, 1.82) is 0 Å². The van der Waals surface area contributed by atoms with E-state index in [0.29, 0.717) is 23.7 Å². The molecule has 0 aliphatic carbocycles. The van der Waals surface area contributed by atoms with E-state index in [0.717, 1.165) is 0 Å². The Labute approximate surface area is 101 Å². The maximum Gasteiger partial charge on any atom is 0.173 e. The third kappa shape index (κ3) is 3.20. The van der Waals surface area contributed by atoms with Crippen LogP contribution >= 0.6 is 12.6 Å². The Morgan fingerprint density at radius 1 is 1.50 bits per heavy atom. The van der Waals surface area contributed by atoms with Crippen LogP contribution in [0.4, 0.5) is 5.82 Å². The number of carbonyl (C=O) groups excluding carboxylic acids is 1. The molecular weight excluding hydrogens is 222 g/mol. The van der Waals surface area contributed by atoms with Crippen LogP contribution in [0.2, 0.25) is 0 Å². The molecule has 0 amide bonds. The summed E-state index contributed by atoms with van der Waals surface area (Å²) in [6.45, 7) is 6.31. The number of rotatable bonds is 4. The first-order valence-electron chi connectivity index (χ1n) is 5.16. The van der Waals surface area contributed by atoms with Crippen molar-refractivity contribution in [3.05, 3.63) is 18.1 Å². The van der Waals surface area contributed by atoms with Crippen molar-refractivity contribution >= 4 is 24.2 Å². The molecule has 0 bridgehead atoms. The molecule has 0 fully saturated rings. The summed E-state index contributed by atoms with van der Waals surface area (Å²) in [5, 5.41) is 3.07. The van der Waals surface area contributed by atoms with Crippen LogP contribution < -0.4 is 5.32 Å². The summed E-state index contributed by atoms with van der Waals surface area (Å²) in [5.74, 6) is 1.31. The highest BCUT2D eigenvalue weighted by atomic mass is 32.1. The molecule has 1 aromatic rings. The molecule has 0 unspecified atom stereocenters. The van der Waals surface area contributed by atoms with Crippen LogP contribution in [0.15, 0.2) is 12.5 Å². The minimum Gasteiger partial charge on any atom is -0.369 e. The van der Waals surface area contributed by atoms with Crippen LogP contribution in [0, 0.1) is 5.41 Å². The lowest BCUT2D eigenvalue weighted by atomic mass is 9.87. The van der Waals surface area contributed by atoms with Gasteiger partial charge in [0.15, 0.2) is 5.78 Å². The Bertz CT molecular complexity index is 374. The average molecular weight is 239 g/mol. The van der Waals surface area contributed by atoms with Gasteiger partial charge in [-0.15, -0.1) is 0 Å². The van der Waals surface area contributed by atoms with E-state index in [1.807, 2.05) is 20.8 Å². The SMILES string of the molecule is CC(C)(C)C(=O)c1cncnc1NCCS.